The van der Waals surface area contributed by atoms with E-state index in [0.29, 0.717) is 24.2 Å². The van der Waals surface area contributed by atoms with E-state index in [0.717, 1.165) is 4.90 Å². The molecular weight excluding hydrogens is 414 g/mol. The molecule has 0 aromatic heterocycles. The van der Waals surface area contributed by atoms with Gasteiger partial charge in [0.25, 0.3) is 17.5 Å². The molecule has 0 unspecified atom stereocenters. The van der Waals surface area contributed by atoms with Crippen LogP contribution in [0.1, 0.15) is 36.5 Å². The van der Waals surface area contributed by atoms with Gasteiger partial charge in [0.05, 0.1) is 12.7 Å². The maximum atomic E-state index is 13.3. The van der Waals surface area contributed by atoms with Crippen LogP contribution in [-0.4, -0.2) is 51.1 Å². The molecule has 2 atom stereocenters. The second-order valence-electron chi connectivity index (χ2n) is 8.25. The standard InChI is InChI=1S/C24H23NO7/c1-3-4-13-25-21(27)19(26)18-20(14-9-11-15(31-2)12-10-14)32-24(30)17-8-6-5-7-16(17)23(28,29)22(18,24)25/h5-12,28-30H,3-4,13H2,1-2H3/t22-,24-/m0/s1. The molecule has 1 saturated heterocycles. The van der Waals surface area contributed by atoms with Crippen LogP contribution >= 0.6 is 0 Å². The van der Waals surface area contributed by atoms with Gasteiger partial charge in [0.1, 0.15) is 11.5 Å². The first-order chi connectivity index (χ1) is 15.3. The fraction of sp³-hybridized carbons (Fsp3) is 0.333. The van der Waals surface area contributed by atoms with Gasteiger partial charge in [0.2, 0.25) is 11.3 Å². The Bertz CT molecular complexity index is 1170. The Labute approximate surface area is 184 Å². The summed E-state index contributed by atoms with van der Waals surface area (Å²) < 4.78 is 11.2. The quantitative estimate of drug-likeness (QED) is 0.478. The fourth-order valence-corrected chi connectivity index (χ4v) is 5.23. The first-order valence-electron chi connectivity index (χ1n) is 10.5. The zero-order chi connectivity index (χ0) is 22.9. The Hall–Kier alpha value is -3.20. The van der Waals surface area contributed by atoms with Crippen molar-refractivity contribution in [3.63, 3.8) is 0 Å². The molecule has 32 heavy (non-hydrogen) atoms. The van der Waals surface area contributed by atoms with E-state index >= 15 is 0 Å². The Balaban J connectivity index is 1.83. The van der Waals surface area contributed by atoms with E-state index in [2.05, 4.69) is 0 Å². The highest BCUT2D eigenvalue weighted by Gasteiger charge is 2.84. The lowest BCUT2D eigenvalue weighted by Gasteiger charge is -2.45. The third kappa shape index (κ3) is 2.16. The Kier molecular flexibility index (Phi) is 4.30. The van der Waals surface area contributed by atoms with Crippen LogP contribution in [0.4, 0.5) is 0 Å². The number of carbonyl (C=O) groups excluding carboxylic acids is 2. The van der Waals surface area contributed by atoms with Crippen LogP contribution in [0.5, 0.6) is 5.75 Å². The molecular formula is C24H23NO7. The number of Topliss-reactive ketones (excluding diaryl/α,β-unsaturated/α-hetero) is 1. The molecule has 1 amide bonds. The summed E-state index contributed by atoms with van der Waals surface area (Å²) >= 11 is 0. The SMILES string of the molecule is CCCCN1C(=O)C(=O)C2=C(c3ccc(OC)cc3)O[C@@]3(O)c4ccccc4C(O)(O)[C@]213. The maximum absolute atomic E-state index is 13.3. The smallest absolute Gasteiger partial charge is 0.296 e. The summed E-state index contributed by atoms with van der Waals surface area (Å²) in [5.41, 5.74) is -2.02. The van der Waals surface area contributed by atoms with E-state index in [1.165, 1.54) is 19.2 Å². The molecule has 8 nitrogen and oxygen atoms in total. The van der Waals surface area contributed by atoms with Crippen molar-refractivity contribution in [3.05, 3.63) is 70.8 Å². The van der Waals surface area contributed by atoms with Gasteiger partial charge in [0, 0.05) is 23.2 Å². The molecule has 3 N–H and O–H groups in total. The molecule has 0 bridgehead atoms. The molecule has 1 spiro atoms. The summed E-state index contributed by atoms with van der Waals surface area (Å²) in [6.45, 7) is 1.95. The monoisotopic (exact) mass is 437 g/mol. The second-order valence-corrected chi connectivity index (χ2v) is 8.25. The number of ketones is 1. The topological polar surface area (TPSA) is 117 Å². The first kappa shape index (κ1) is 20.7. The van der Waals surface area contributed by atoms with Crippen molar-refractivity contribution >= 4 is 17.4 Å². The van der Waals surface area contributed by atoms with Crippen LogP contribution in [-0.2, 0) is 25.9 Å². The van der Waals surface area contributed by atoms with Crippen molar-refractivity contribution in [1.29, 1.82) is 0 Å². The van der Waals surface area contributed by atoms with E-state index in [4.69, 9.17) is 9.47 Å². The number of ether oxygens (including phenoxy) is 2. The lowest BCUT2D eigenvalue weighted by molar-refractivity contribution is -0.312. The number of hydrogen-bond acceptors (Lipinski definition) is 7. The molecule has 2 aromatic rings. The molecule has 5 rings (SSSR count). The summed E-state index contributed by atoms with van der Waals surface area (Å²) in [7, 11) is 1.51. The summed E-state index contributed by atoms with van der Waals surface area (Å²) in [6, 6.07) is 12.7. The molecule has 2 aliphatic heterocycles. The van der Waals surface area contributed by atoms with Gasteiger partial charge in [-0.1, -0.05) is 37.6 Å². The predicted molar refractivity (Wildman–Crippen MR) is 112 cm³/mol. The summed E-state index contributed by atoms with van der Waals surface area (Å²) in [6.07, 6.45) is 1.18. The maximum Gasteiger partial charge on any atom is 0.296 e. The largest absolute Gasteiger partial charge is 0.497 e. The molecule has 0 radical (unpaired) electrons. The second kappa shape index (κ2) is 6.65. The van der Waals surface area contributed by atoms with Crippen molar-refractivity contribution in [1.82, 2.24) is 4.90 Å². The number of benzene rings is 2. The van der Waals surface area contributed by atoms with Crippen LogP contribution < -0.4 is 4.74 Å². The van der Waals surface area contributed by atoms with Gasteiger partial charge in [-0.2, -0.15) is 0 Å². The van der Waals surface area contributed by atoms with Gasteiger partial charge in [-0.05, 0) is 30.7 Å². The van der Waals surface area contributed by atoms with E-state index in [-0.39, 0.29) is 29.0 Å². The van der Waals surface area contributed by atoms with Crippen molar-refractivity contribution in [2.45, 2.75) is 36.9 Å². The molecule has 166 valence electrons. The molecule has 1 fully saturated rings. The Morgan fingerprint density at radius 1 is 1.00 bits per heavy atom. The third-order valence-electron chi connectivity index (χ3n) is 6.66. The summed E-state index contributed by atoms with van der Waals surface area (Å²) in [5, 5.41) is 35.0. The average molecular weight is 437 g/mol. The predicted octanol–water partition coefficient (Wildman–Crippen LogP) is 1.38. The number of fused-ring (bicyclic) bond motifs is 2. The number of nitrogens with zero attached hydrogens (tertiary/aromatic N) is 1. The number of carbonyl (C=O) groups is 2. The normalized spacial score (nSPS) is 27.3. The molecule has 0 saturated carbocycles. The van der Waals surface area contributed by atoms with E-state index in [1.54, 1.807) is 36.4 Å². The van der Waals surface area contributed by atoms with Gasteiger partial charge < -0.3 is 29.7 Å². The van der Waals surface area contributed by atoms with E-state index < -0.39 is 28.8 Å². The van der Waals surface area contributed by atoms with Crippen molar-refractivity contribution in [3.8, 4) is 5.75 Å². The van der Waals surface area contributed by atoms with Crippen LogP contribution in [0.25, 0.3) is 5.76 Å². The van der Waals surface area contributed by atoms with Gasteiger partial charge in [-0.25, -0.2) is 0 Å². The number of amides is 1. The fourth-order valence-electron chi connectivity index (χ4n) is 5.23. The van der Waals surface area contributed by atoms with Crippen LogP contribution in [0.15, 0.2) is 54.1 Å². The molecule has 1 aliphatic carbocycles. The highest BCUT2D eigenvalue weighted by atomic mass is 16.6. The van der Waals surface area contributed by atoms with Crippen molar-refractivity contribution < 1.29 is 34.4 Å². The van der Waals surface area contributed by atoms with Crippen molar-refractivity contribution in [2.75, 3.05) is 13.7 Å². The lowest BCUT2D eigenvalue weighted by Crippen LogP contribution is -2.66. The minimum absolute atomic E-state index is 0.0159. The van der Waals surface area contributed by atoms with Gasteiger partial charge in [-0.15, -0.1) is 0 Å². The van der Waals surface area contributed by atoms with E-state index in [1.807, 2.05) is 6.92 Å². The zero-order valence-electron chi connectivity index (χ0n) is 17.7. The zero-order valence-corrected chi connectivity index (χ0v) is 17.7. The van der Waals surface area contributed by atoms with E-state index in [9.17, 15) is 24.9 Å². The number of unbranched alkanes of at least 4 members (excludes halogenated alkanes) is 1. The van der Waals surface area contributed by atoms with Gasteiger partial charge >= 0.3 is 0 Å². The summed E-state index contributed by atoms with van der Waals surface area (Å²) in [5.74, 6) is -6.46. The highest BCUT2D eigenvalue weighted by molar-refractivity contribution is 6.48. The number of methoxy groups -OCH3 is 1. The minimum Gasteiger partial charge on any atom is -0.497 e. The van der Waals surface area contributed by atoms with Gasteiger partial charge in [0.15, 0.2) is 0 Å². The molecule has 2 heterocycles. The molecule has 2 aromatic carbocycles. The molecule has 8 heteroatoms. The number of likely N-dealkylation sites (tertiary alicyclic amines) is 1. The number of aliphatic hydroxyl groups is 3. The Morgan fingerprint density at radius 3 is 2.28 bits per heavy atom. The average Bonchev–Trinajstić information content (AvgIpc) is 3.27. The van der Waals surface area contributed by atoms with Crippen LogP contribution in [0.3, 0.4) is 0 Å². The number of hydrogen-bond donors (Lipinski definition) is 3. The summed E-state index contributed by atoms with van der Waals surface area (Å²) in [4.78, 5) is 27.5. The molecule has 3 aliphatic rings. The number of rotatable bonds is 5. The van der Waals surface area contributed by atoms with Crippen LogP contribution in [0.2, 0.25) is 0 Å². The Morgan fingerprint density at radius 2 is 1.66 bits per heavy atom. The third-order valence-corrected chi connectivity index (χ3v) is 6.66. The van der Waals surface area contributed by atoms with Crippen molar-refractivity contribution in [2.24, 2.45) is 0 Å². The van der Waals surface area contributed by atoms with Crippen LogP contribution in [0, 0.1) is 0 Å². The first-order valence-corrected chi connectivity index (χ1v) is 10.5. The lowest BCUT2D eigenvalue weighted by atomic mass is 9.78. The highest BCUT2D eigenvalue weighted by Crippen LogP contribution is 2.67. The van der Waals surface area contributed by atoms with Gasteiger partial charge in [-0.3, -0.25) is 9.59 Å². The minimum atomic E-state index is -2.77.